The molecule has 3 atom stereocenters. The van der Waals surface area contributed by atoms with Gasteiger partial charge in [0.25, 0.3) is 0 Å². The predicted octanol–water partition coefficient (Wildman–Crippen LogP) is 2.57. The normalized spacial score (nSPS) is 29.6. The largest absolute Gasteiger partial charge is 0.348 e. The zero-order valence-electron chi connectivity index (χ0n) is 12.2. The average molecular weight is 272 g/mol. The summed E-state index contributed by atoms with van der Waals surface area (Å²) in [4.78, 5) is 12.5. The van der Waals surface area contributed by atoms with Gasteiger partial charge >= 0.3 is 0 Å². The third kappa shape index (κ3) is 2.73. The Balaban J connectivity index is 1.70. The highest BCUT2D eigenvalue weighted by Crippen LogP contribution is 2.29. The summed E-state index contributed by atoms with van der Waals surface area (Å²) in [5.74, 6) is 0.612. The van der Waals surface area contributed by atoms with Crippen molar-refractivity contribution in [3.05, 3.63) is 35.4 Å². The van der Waals surface area contributed by atoms with Crippen LogP contribution in [0.5, 0.6) is 0 Å². The van der Waals surface area contributed by atoms with Gasteiger partial charge in [0.1, 0.15) is 0 Å². The summed E-state index contributed by atoms with van der Waals surface area (Å²) in [5, 5.41) is 6.64. The Morgan fingerprint density at radius 1 is 1.25 bits per heavy atom. The fourth-order valence-corrected chi connectivity index (χ4v) is 3.57. The summed E-state index contributed by atoms with van der Waals surface area (Å²) in [6.45, 7) is 3.13. The number of aryl methyl sites for hydroxylation is 1. The summed E-state index contributed by atoms with van der Waals surface area (Å²) in [7, 11) is 0. The van der Waals surface area contributed by atoms with Crippen molar-refractivity contribution in [2.45, 2.75) is 51.1 Å². The highest BCUT2D eigenvalue weighted by atomic mass is 16.2. The molecule has 0 spiro atoms. The molecule has 0 aromatic heterocycles. The topological polar surface area (TPSA) is 41.1 Å². The van der Waals surface area contributed by atoms with Crippen molar-refractivity contribution in [1.29, 1.82) is 0 Å². The molecule has 0 radical (unpaired) electrons. The second kappa shape index (κ2) is 5.96. The zero-order valence-corrected chi connectivity index (χ0v) is 12.2. The number of nitrogens with one attached hydrogen (secondary N) is 2. The first-order chi connectivity index (χ1) is 9.75. The third-order valence-electron chi connectivity index (χ3n) is 4.74. The molecule has 1 aromatic rings. The van der Waals surface area contributed by atoms with Crippen molar-refractivity contribution in [1.82, 2.24) is 10.6 Å². The van der Waals surface area contributed by atoms with Crippen LogP contribution in [0, 0.1) is 5.92 Å². The highest BCUT2D eigenvalue weighted by Gasteiger charge is 2.30. The highest BCUT2D eigenvalue weighted by molar-refractivity contribution is 5.82. The van der Waals surface area contributed by atoms with Crippen molar-refractivity contribution in [2.75, 3.05) is 6.54 Å². The Morgan fingerprint density at radius 2 is 2.10 bits per heavy atom. The number of hydrogen-bond donors (Lipinski definition) is 2. The molecule has 0 bridgehead atoms. The van der Waals surface area contributed by atoms with Crippen LogP contribution in [0.1, 0.15) is 49.8 Å². The van der Waals surface area contributed by atoms with Crippen LogP contribution in [-0.4, -0.2) is 18.5 Å². The molecule has 1 aromatic carbocycles. The summed E-state index contributed by atoms with van der Waals surface area (Å²) in [5.41, 5.74) is 2.71. The first-order valence-corrected chi connectivity index (χ1v) is 7.87. The van der Waals surface area contributed by atoms with E-state index in [0.29, 0.717) is 5.92 Å². The maximum Gasteiger partial charge on any atom is 0.237 e. The zero-order chi connectivity index (χ0) is 13.9. The van der Waals surface area contributed by atoms with Crippen LogP contribution >= 0.6 is 0 Å². The molecule has 3 rings (SSSR count). The molecule has 3 heteroatoms. The van der Waals surface area contributed by atoms with Crippen molar-refractivity contribution >= 4 is 5.91 Å². The number of carbonyl (C=O) groups is 1. The van der Waals surface area contributed by atoms with Crippen molar-refractivity contribution < 1.29 is 4.79 Å². The predicted molar refractivity (Wildman–Crippen MR) is 80.5 cm³/mol. The first kappa shape index (κ1) is 13.6. The quantitative estimate of drug-likeness (QED) is 0.869. The van der Waals surface area contributed by atoms with E-state index in [-0.39, 0.29) is 18.0 Å². The van der Waals surface area contributed by atoms with Gasteiger partial charge in [-0.15, -0.1) is 0 Å². The fraction of sp³-hybridized carbons (Fsp3) is 0.588. The number of amides is 1. The van der Waals surface area contributed by atoms with E-state index in [9.17, 15) is 4.79 Å². The van der Waals surface area contributed by atoms with E-state index in [4.69, 9.17) is 0 Å². The Labute approximate surface area is 121 Å². The van der Waals surface area contributed by atoms with Crippen LogP contribution in [0.4, 0.5) is 0 Å². The maximum atomic E-state index is 12.5. The van der Waals surface area contributed by atoms with Crippen LogP contribution in [0.3, 0.4) is 0 Å². The van der Waals surface area contributed by atoms with E-state index in [1.54, 1.807) is 0 Å². The molecule has 1 fully saturated rings. The van der Waals surface area contributed by atoms with Gasteiger partial charge in [-0.05, 0) is 55.7 Å². The van der Waals surface area contributed by atoms with Gasteiger partial charge in [0.05, 0.1) is 12.1 Å². The van der Waals surface area contributed by atoms with Crippen molar-refractivity contribution in [3.8, 4) is 0 Å². The second-order valence-corrected chi connectivity index (χ2v) is 6.20. The monoisotopic (exact) mass is 272 g/mol. The fourth-order valence-electron chi connectivity index (χ4n) is 3.57. The van der Waals surface area contributed by atoms with Crippen molar-refractivity contribution in [2.24, 2.45) is 5.92 Å². The molecule has 2 N–H and O–H groups in total. The molecule has 1 amide bonds. The lowest BCUT2D eigenvalue weighted by atomic mass is 9.86. The van der Waals surface area contributed by atoms with Gasteiger partial charge < -0.3 is 10.6 Å². The molecule has 2 aliphatic rings. The van der Waals surface area contributed by atoms with E-state index in [2.05, 4.69) is 41.8 Å². The minimum Gasteiger partial charge on any atom is -0.348 e. The van der Waals surface area contributed by atoms with Gasteiger partial charge in [-0.25, -0.2) is 0 Å². The molecule has 3 unspecified atom stereocenters. The summed E-state index contributed by atoms with van der Waals surface area (Å²) in [6, 6.07) is 8.70. The van der Waals surface area contributed by atoms with Gasteiger partial charge in [0, 0.05) is 0 Å². The van der Waals surface area contributed by atoms with E-state index < -0.39 is 0 Å². The minimum atomic E-state index is -0.0159. The lowest BCUT2D eigenvalue weighted by molar-refractivity contribution is -0.125. The third-order valence-corrected chi connectivity index (χ3v) is 4.74. The van der Waals surface area contributed by atoms with Crippen molar-refractivity contribution in [3.63, 3.8) is 0 Å². The lowest BCUT2D eigenvalue weighted by Crippen LogP contribution is -2.51. The van der Waals surface area contributed by atoms with Crippen LogP contribution in [0.2, 0.25) is 0 Å². The molecule has 20 heavy (non-hydrogen) atoms. The molecule has 1 aliphatic heterocycles. The van der Waals surface area contributed by atoms with Gasteiger partial charge in [0.2, 0.25) is 5.91 Å². The van der Waals surface area contributed by atoms with Crippen LogP contribution in [0.15, 0.2) is 24.3 Å². The first-order valence-electron chi connectivity index (χ1n) is 7.87. The number of rotatable bonds is 2. The summed E-state index contributed by atoms with van der Waals surface area (Å²) >= 11 is 0. The summed E-state index contributed by atoms with van der Waals surface area (Å²) < 4.78 is 0. The maximum absolute atomic E-state index is 12.5. The Morgan fingerprint density at radius 3 is 2.95 bits per heavy atom. The Kier molecular flexibility index (Phi) is 4.06. The van der Waals surface area contributed by atoms with Gasteiger partial charge in [0.15, 0.2) is 0 Å². The standard InChI is InChI=1S/C17H24N2O/c1-12-6-5-11-18-16(12)17(20)19-15-10-4-8-13-7-2-3-9-14(13)15/h2-3,7,9,12,15-16,18H,4-6,8,10-11H2,1H3,(H,19,20). The van der Waals surface area contributed by atoms with Crippen LogP contribution in [-0.2, 0) is 11.2 Å². The van der Waals surface area contributed by atoms with Gasteiger partial charge in [-0.1, -0.05) is 31.2 Å². The van der Waals surface area contributed by atoms with Gasteiger partial charge in [-0.2, -0.15) is 0 Å². The smallest absolute Gasteiger partial charge is 0.237 e. The number of carbonyl (C=O) groups excluding carboxylic acids is 1. The number of fused-ring (bicyclic) bond motifs is 1. The van der Waals surface area contributed by atoms with Crippen LogP contribution in [0.25, 0.3) is 0 Å². The molecule has 0 saturated carbocycles. The molecular weight excluding hydrogens is 248 g/mol. The molecule has 1 aliphatic carbocycles. The second-order valence-electron chi connectivity index (χ2n) is 6.20. The van der Waals surface area contributed by atoms with E-state index >= 15 is 0 Å². The number of piperidine rings is 1. The lowest BCUT2D eigenvalue weighted by Gasteiger charge is -2.32. The SMILES string of the molecule is CC1CCCNC1C(=O)NC1CCCc2ccccc21. The van der Waals surface area contributed by atoms with Gasteiger partial charge in [-0.3, -0.25) is 4.79 Å². The van der Waals surface area contributed by atoms with E-state index in [0.717, 1.165) is 32.2 Å². The minimum absolute atomic E-state index is 0.0159. The Hall–Kier alpha value is -1.35. The van der Waals surface area contributed by atoms with E-state index in [1.807, 2.05) is 0 Å². The average Bonchev–Trinajstić information content (AvgIpc) is 2.48. The Bertz CT molecular complexity index is 486. The number of benzene rings is 1. The molecule has 3 nitrogen and oxygen atoms in total. The molecule has 108 valence electrons. The molecule has 1 heterocycles. The molecule has 1 saturated heterocycles. The van der Waals surface area contributed by atoms with E-state index in [1.165, 1.54) is 17.5 Å². The van der Waals surface area contributed by atoms with Crippen LogP contribution < -0.4 is 10.6 Å². The number of hydrogen-bond acceptors (Lipinski definition) is 2. The summed E-state index contributed by atoms with van der Waals surface area (Å²) in [6.07, 6.45) is 5.68. The molecular formula is C17H24N2O.